The first-order valence-corrected chi connectivity index (χ1v) is 8.38. The number of carbonyl (C=O) groups excluding carboxylic acids is 2. The number of hydrogen-bond donors (Lipinski definition) is 0. The van der Waals surface area contributed by atoms with Crippen LogP contribution in [-0.2, 0) is 9.53 Å². The Bertz CT molecular complexity index is 666. The predicted molar refractivity (Wildman–Crippen MR) is 88.6 cm³/mol. The molecule has 3 rings (SSSR count). The summed E-state index contributed by atoms with van der Waals surface area (Å²) in [6, 6.07) is 5.49. The summed E-state index contributed by atoms with van der Waals surface area (Å²) in [6.45, 7) is 4.18. The molecule has 0 saturated heterocycles. The minimum absolute atomic E-state index is 0.0395. The molecule has 0 aliphatic carbocycles. The smallest absolute Gasteiger partial charge is 0.339 e. The van der Waals surface area contributed by atoms with Gasteiger partial charge in [0.05, 0.1) is 17.7 Å². The van der Waals surface area contributed by atoms with Crippen LogP contribution in [0.4, 0.5) is 5.69 Å². The van der Waals surface area contributed by atoms with Gasteiger partial charge in [0, 0.05) is 11.3 Å². The van der Waals surface area contributed by atoms with E-state index in [0.717, 1.165) is 43.4 Å². The molecule has 0 aromatic heterocycles. The number of esters is 1. The van der Waals surface area contributed by atoms with E-state index in [1.807, 2.05) is 12.1 Å². The zero-order chi connectivity index (χ0) is 16.4. The van der Waals surface area contributed by atoms with Gasteiger partial charge in [0.2, 0.25) is 0 Å². The molecule has 0 N–H and O–H groups in total. The molecule has 1 unspecified atom stereocenters. The Balaban J connectivity index is 1.86. The van der Waals surface area contributed by atoms with Crippen molar-refractivity contribution in [3.8, 4) is 0 Å². The van der Waals surface area contributed by atoms with Crippen molar-refractivity contribution in [1.29, 1.82) is 0 Å². The van der Waals surface area contributed by atoms with E-state index in [1.54, 1.807) is 6.07 Å². The van der Waals surface area contributed by atoms with Gasteiger partial charge in [-0.3, -0.25) is 4.79 Å². The fourth-order valence-corrected chi connectivity index (χ4v) is 3.10. The number of rotatable bonds is 6. The number of benzene rings is 1. The highest BCUT2D eigenvalue weighted by Gasteiger charge is 2.32. The number of nitrogens with zero attached hydrogens (tertiary/aromatic N) is 2. The third-order valence-corrected chi connectivity index (χ3v) is 4.29. The molecule has 122 valence electrons. The van der Waals surface area contributed by atoms with Gasteiger partial charge in [0.25, 0.3) is 5.91 Å². The Morgan fingerprint density at radius 3 is 2.83 bits per heavy atom. The highest BCUT2D eigenvalue weighted by atomic mass is 16.5. The van der Waals surface area contributed by atoms with Crippen LogP contribution in [-0.4, -0.2) is 17.6 Å². The molecule has 1 atom stereocenters. The van der Waals surface area contributed by atoms with Crippen molar-refractivity contribution in [3.63, 3.8) is 0 Å². The maximum atomic E-state index is 12.1. The lowest BCUT2D eigenvalue weighted by Crippen LogP contribution is -2.19. The molecular formula is C18H22N2O3. The van der Waals surface area contributed by atoms with Gasteiger partial charge in [-0.25, -0.2) is 9.80 Å². The van der Waals surface area contributed by atoms with Crippen LogP contribution >= 0.6 is 0 Å². The molecule has 5 nitrogen and oxygen atoms in total. The lowest BCUT2D eigenvalue weighted by molar-refractivity contribution is -0.116. The van der Waals surface area contributed by atoms with Crippen LogP contribution in [0.1, 0.15) is 74.4 Å². The predicted octanol–water partition coefficient (Wildman–Crippen LogP) is 3.98. The Labute approximate surface area is 136 Å². The summed E-state index contributed by atoms with van der Waals surface area (Å²) in [5.41, 5.74) is 3.04. The molecule has 5 heteroatoms. The number of cyclic esters (lactones) is 1. The first-order valence-electron chi connectivity index (χ1n) is 8.38. The molecule has 2 aliphatic heterocycles. The van der Waals surface area contributed by atoms with Crippen molar-refractivity contribution >= 4 is 23.3 Å². The Morgan fingerprint density at radius 2 is 2.09 bits per heavy atom. The van der Waals surface area contributed by atoms with Crippen LogP contribution in [0.2, 0.25) is 0 Å². The fraction of sp³-hybridized carbons (Fsp3) is 0.500. The summed E-state index contributed by atoms with van der Waals surface area (Å²) in [5.74, 6) is -0.338. The highest BCUT2D eigenvalue weighted by molar-refractivity contribution is 6.13. The van der Waals surface area contributed by atoms with E-state index in [4.69, 9.17) is 4.74 Å². The average Bonchev–Trinajstić information content (AvgIpc) is 3.06. The highest BCUT2D eigenvalue weighted by Crippen LogP contribution is 2.37. The molecule has 23 heavy (non-hydrogen) atoms. The first-order chi connectivity index (χ1) is 11.1. The van der Waals surface area contributed by atoms with Gasteiger partial charge in [0.1, 0.15) is 6.10 Å². The molecule has 1 aromatic rings. The van der Waals surface area contributed by atoms with Gasteiger partial charge in [-0.15, -0.1) is 0 Å². The average molecular weight is 314 g/mol. The van der Waals surface area contributed by atoms with E-state index in [0.29, 0.717) is 17.7 Å². The summed E-state index contributed by atoms with van der Waals surface area (Å²) in [4.78, 5) is 24.2. The molecular weight excluding hydrogens is 292 g/mol. The Hall–Kier alpha value is -2.17. The molecule has 0 spiro atoms. The van der Waals surface area contributed by atoms with E-state index < -0.39 is 0 Å². The third-order valence-electron chi connectivity index (χ3n) is 4.29. The number of carbonyl (C=O) groups is 2. The van der Waals surface area contributed by atoms with Crippen molar-refractivity contribution in [2.24, 2.45) is 5.10 Å². The summed E-state index contributed by atoms with van der Waals surface area (Å²) in [7, 11) is 0. The Morgan fingerprint density at radius 1 is 1.26 bits per heavy atom. The number of amides is 1. The van der Waals surface area contributed by atoms with Crippen LogP contribution in [0.25, 0.3) is 0 Å². The number of hydrogen-bond acceptors (Lipinski definition) is 4. The standard InChI is InChI=1S/C18H22N2O3/c1-3-5-7-16-14-9-8-13(11-15(14)18(22)23-16)20-17(21)10-12(19-20)6-4-2/h8-9,11,16H,3-7,10H2,1-2H3. The van der Waals surface area contributed by atoms with Gasteiger partial charge in [0.15, 0.2) is 0 Å². The summed E-state index contributed by atoms with van der Waals surface area (Å²) in [5, 5.41) is 5.81. The largest absolute Gasteiger partial charge is 0.454 e. The lowest BCUT2D eigenvalue weighted by Gasteiger charge is -2.13. The fourth-order valence-electron chi connectivity index (χ4n) is 3.10. The van der Waals surface area contributed by atoms with Crippen LogP contribution in [0.3, 0.4) is 0 Å². The molecule has 0 bridgehead atoms. The normalized spacial score (nSPS) is 19.8. The van der Waals surface area contributed by atoms with Crippen molar-refractivity contribution < 1.29 is 14.3 Å². The molecule has 0 saturated carbocycles. The third kappa shape index (κ3) is 3.00. The van der Waals surface area contributed by atoms with E-state index in [2.05, 4.69) is 18.9 Å². The lowest BCUT2D eigenvalue weighted by atomic mass is 10.0. The second-order valence-corrected chi connectivity index (χ2v) is 6.11. The van der Waals surface area contributed by atoms with Gasteiger partial charge >= 0.3 is 5.97 Å². The van der Waals surface area contributed by atoms with Crippen molar-refractivity contribution in [3.05, 3.63) is 29.3 Å². The molecule has 2 heterocycles. The quantitative estimate of drug-likeness (QED) is 0.746. The van der Waals surface area contributed by atoms with Crippen LogP contribution in [0.15, 0.2) is 23.3 Å². The van der Waals surface area contributed by atoms with Crippen LogP contribution in [0, 0.1) is 0 Å². The van der Waals surface area contributed by atoms with E-state index in [9.17, 15) is 9.59 Å². The van der Waals surface area contributed by atoms with Gasteiger partial charge in [-0.2, -0.15) is 5.10 Å². The first kappa shape index (κ1) is 15.7. The minimum Gasteiger partial charge on any atom is -0.454 e. The number of anilines is 1. The van der Waals surface area contributed by atoms with Gasteiger partial charge in [-0.1, -0.05) is 32.8 Å². The van der Waals surface area contributed by atoms with Crippen LogP contribution < -0.4 is 5.01 Å². The number of ether oxygens (including phenoxy) is 1. The van der Waals surface area contributed by atoms with Crippen molar-refractivity contribution in [1.82, 2.24) is 0 Å². The zero-order valence-corrected chi connectivity index (χ0v) is 13.7. The van der Waals surface area contributed by atoms with Crippen molar-refractivity contribution in [2.45, 2.75) is 58.5 Å². The maximum absolute atomic E-state index is 12.1. The molecule has 1 amide bonds. The van der Waals surface area contributed by atoms with E-state index in [1.165, 1.54) is 5.01 Å². The van der Waals surface area contributed by atoms with E-state index >= 15 is 0 Å². The molecule has 0 radical (unpaired) electrons. The van der Waals surface area contributed by atoms with E-state index in [-0.39, 0.29) is 18.0 Å². The van der Waals surface area contributed by atoms with Crippen molar-refractivity contribution in [2.75, 3.05) is 5.01 Å². The number of unbranched alkanes of at least 4 members (excludes halogenated alkanes) is 1. The summed E-state index contributed by atoms with van der Waals surface area (Å²) >= 11 is 0. The SMILES string of the molecule is CCCCC1OC(=O)c2cc(N3N=C(CCC)CC3=O)ccc21. The minimum atomic E-state index is -0.299. The second kappa shape index (κ2) is 6.52. The topological polar surface area (TPSA) is 59.0 Å². The Kier molecular flexibility index (Phi) is 4.46. The number of hydrazone groups is 1. The summed E-state index contributed by atoms with van der Waals surface area (Å²) < 4.78 is 5.46. The monoisotopic (exact) mass is 314 g/mol. The molecule has 1 aromatic carbocycles. The van der Waals surface area contributed by atoms with Crippen LogP contribution in [0.5, 0.6) is 0 Å². The molecule has 0 fully saturated rings. The van der Waals surface area contributed by atoms with Gasteiger partial charge < -0.3 is 4.74 Å². The van der Waals surface area contributed by atoms with Gasteiger partial charge in [-0.05, 0) is 31.4 Å². The summed E-state index contributed by atoms with van der Waals surface area (Å²) in [6.07, 6.45) is 4.95. The maximum Gasteiger partial charge on any atom is 0.339 e. The molecule has 2 aliphatic rings. The zero-order valence-electron chi connectivity index (χ0n) is 13.7. The number of fused-ring (bicyclic) bond motifs is 1. The second-order valence-electron chi connectivity index (χ2n) is 6.11.